The molecule has 1 aliphatic rings. The number of carbonyl (C=O) groups excluding carboxylic acids is 1. The lowest BCUT2D eigenvalue weighted by Gasteiger charge is -2.38. The normalized spacial score (nSPS) is 13.1. The Kier molecular flexibility index (Phi) is 7.57. The zero-order valence-electron chi connectivity index (χ0n) is 20.7. The molecule has 0 atom stereocenters. The van der Waals surface area contributed by atoms with E-state index in [4.69, 9.17) is 25.8 Å². The summed E-state index contributed by atoms with van der Waals surface area (Å²) < 4.78 is 18.3. The fourth-order valence-corrected chi connectivity index (χ4v) is 4.98. The largest absolute Gasteiger partial charge is 0.495 e. The second-order valence-electron chi connectivity index (χ2n) is 8.57. The van der Waals surface area contributed by atoms with Crippen molar-refractivity contribution >= 4 is 62.5 Å². The highest BCUT2D eigenvalue weighted by atomic mass is 127. The van der Waals surface area contributed by atoms with Crippen LogP contribution in [0, 0.1) is 3.57 Å². The summed E-state index contributed by atoms with van der Waals surface area (Å²) in [5, 5.41) is 4.83. The van der Waals surface area contributed by atoms with Crippen LogP contribution in [-0.2, 0) is 4.79 Å². The Labute approximate surface area is 238 Å². The standard InChI is InChI=1S/C28H24ClIN4O4/c1-4-26(35)34-13-17(14-34)38-25-11-19-21(12-24(25)37-3)31-15-32-28(19)33-22-10-16(8-9-23(22)36-2)18-6-5-7-20(30)27(18)29/h4-12,15,17H,1,13-14H2,2-3H3,(H,31,32,33). The van der Waals surface area contributed by atoms with Gasteiger partial charge >= 0.3 is 0 Å². The van der Waals surface area contributed by atoms with Crippen molar-refractivity contribution in [2.45, 2.75) is 6.10 Å². The van der Waals surface area contributed by atoms with Crippen molar-refractivity contribution < 1.29 is 19.0 Å². The number of nitrogens with zero attached hydrogens (tertiary/aromatic N) is 3. The molecule has 0 saturated carbocycles. The molecule has 1 N–H and O–H groups in total. The van der Waals surface area contributed by atoms with E-state index in [1.165, 1.54) is 12.4 Å². The fourth-order valence-electron chi connectivity index (χ4n) is 4.24. The Morgan fingerprint density at radius 1 is 1.11 bits per heavy atom. The molecule has 0 bridgehead atoms. The van der Waals surface area contributed by atoms with E-state index in [-0.39, 0.29) is 12.0 Å². The van der Waals surface area contributed by atoms with Crippen molar-refractivity contribution in [3.63, 3.8) is 0 Å². The number of hydrogen-bond acceptors (Lipinski definition) is 7. The Balaban J connectivity index is 1.49. The molecule has 3 aromatic carbocycles. The first kappa shape index (κ1) is 26.1. The molecular formula is C28H24ClIN4O4. The summed E-state index contributed by atoms with van der Waals surface area (Å²) in [6.45, 7) is 4.49. The van der Waals surface area contributed by atoms with Gasteiger partial charge in [-0.25, -0.2) is 9.97 Å². The van der Waals surface area contributed by atoms with Gasteiger partial charge in [-0.05, 0) is 58.5 Å². The van der Waals surface area contributed by atoms with Crippen molar-refractivity contribution in [3.05, 3.63) is 76.1 Å². The molecule has 5 rings (SSSR count). The second-order valence-corrected chi connectivity index (χ2v) is 10.1. The van der Waals surface area contributed by atoms with Crippen LogP contribution in [-0.4, -0.2) is 54.2 Å². The van der Waals surface area contributed by atoms with E-state index in [0.717, 1.165) is 25.8 Å². The first-order chi connectivity index (χ1) is 18.4. The Morgan fingerprint density at radius 2 is 1.89 bits per heavy atom. The number of anilines is 2. The number of ether oxygens (including phenoxy) is 3. The molecule has 1 saturated heterocycles. The molecule has 38 heavy (non-hydrogen) atoms. The summed E-state index contributed by atoms with van der Waals surface area (Å²) in [6.07, 6.45) is 2.64. The van der Waals surface area contributed by atoms with Gasteiger partial charge in [0.05, 0.1) is 43.5 Å². The van der Waals surface area contributed by atoms with Crippen LogP contribution in [0.4, 0.5) is 11.5 Å². The lowest BCUT2D eigenvalue weighted by atomic mass is 10.0. The number of likely N-dealkylation sites (tertiary alicyclic amines) is 1. The maximum absolute atomic E-state index is 11.8. The van der Waals surface area contributed by atoms with E-state index in [0.29, 0.717) is 46.7 Å². The number of benzene rings is 3. The molecule has 1 amide bonds. The third-order valence-corrected chi connectivity index (χ3v) is 7.89. The first-order valence-electron chi connectivity index (χ1n) is 11.7. The van der Waals surface area contributed by atoms with Crippen LogP contribution >= 0.6 is 34.2 Å². The maximum Gasteiger partial charge on any atom is 0.246 e. The van der Waals surface area contributed by atoms with Gasteiger partial charge in [0.2, 0.25) is 5.91 Å². The van der Waals surface area contributed by atoms with Gasteiger partial charge in [-0.1, -0.05) is 36.4 Å². The molecule has 0 spiro atoms. The topological polar surface area (TPSA) is 85.8 Å². The molecule has 8 nitrogen and oxygen atoms in total. The molecule has 4 aromatic rings. The van der Waals surface area contributed by atoms with Crippen molar-refractivity contribution in [3.8, 4) is 28.4 Å². The number of rotatable bonds is 8. The summed E-state index contributed by atoms with van der Waals surface area (Å²) in [4.78, 5) is 22.4. The summed E-state index contributed by atoms with van der Waals surface area (Å²) in [5.74, 6) is 2.19. The minimum Gasteiger partial charge on any atom is -0.495 e. The minimum atomic E-state index is -0.151. The molecule has 0 radical (unpaired) electrons. The average Bonchev–Trinajstić information content (AvgIpc) is 2.91. The molecule has 1 aliphatic heterocycles. The quantitative estimate of drug-likeness (QED) is 0.184. The molecule has 1 aromatic heterocycles. The van der Waals surface area contributed by atoms with E-state index < -0.39 is 0 Å². The SMILES string of the molecule is C=CC(=O)N1CC(Oc2cc3c(Nc4cc(-c5cccc(I)c5Cl)ccc4OC)ncnc3cc2OC)C1. The summed E-state index contributed by atoms with van der Waals surface area (Å²) in [7, 11) is 3.20. The van der Waals surface area contributed by atoms with E-state index in [9.17, 15) is 4.79 Å². The van der Waals surface area contributed by atoms with Crippen molar-refractivity contribution in [1.29, 1.82) is 0 Å². The molecular weight excluding hydrogens is 619 g/mol. The third-order valence-electron chi connectivity index (χ3n) is 6.26. The van der Waals surface area contributed by atoms with Crippen LogP contribution in [0.5, 0.6) is 17.2 Å². The number of halogens is 2. The van der Waals surface area contributed by atoms with Crippen LogP contribution in [0.3, 0.4) is 0 Å². The van der Waals surface area contributed by atoms with Crippen molar-refractivity contribution in [1.82, 2.24) is 14.9 Å². The Hall–Kier alpha value is -3.57. The lowest BCUT2D eigenvalue weighted by Crippen LogP contribution is -2.55. The zero-order chi connectivity index (χ0) is 26.8. The number of nitrogens with one attached hydrogen (secondary N) is 1. The Bertz CT molecular complexity index is 1540. The number of methoxy groups -OCH3 is 2. The van der Waals surface area contributed by atoms with Crippen LogP contribution in [0.15, 0.2) is 67.5 Å². The number of fused-ring (bicyclic) bond motifs is 1. The summed E-state index contributed by atoms with van der Waals surface area (Å²) in [5.41, 5.74) is 3.25. The minimum absolute atomic E-state index is 0.113. The van der Waals surface area contributed by atoms with Gasteiger partial charge in [-0.3, -0.25) is 4.79 Å². The van der Waals surface area contributed by atoms with E-state index in [1.54, 1.807) is 19.1 Å². The second kappa shape index (κ2) is 11.0. The van der Waals surface area contributed by atoms with E-state index in [2.05, 4.69) is 44.5 Å². The van der Waals surface area contributed by atoms with Gasteiger partial charge in [0.1, 0.15) is 24.0 Å². The van der Waals surface area contributed by atoms with Crippen molar-refractivity contribution in [2.24, 2.45) is 0 Å². The van der Waals surface area contributed by atoms with Crippen LogP contribution in [0.25, 0.3) is 22.0 Å². The van der Waals surface area contributed by atoms with Crippen LogP contribution < -0.4 is 19.5 Å². The third kappa shape index (κ3) is 5.08. The van der Waals surface area contributed by atoms with Crippen molar-refractivity contribution in [2.75, 3.05) is 32.6 Å². The van der Waals surface area contributed by atoms with Gasteiger partial charge in [0.15, 0.2) is 11.5 Å². The molecule has 2 heterocycles. The fraction of sp³-hybridized carbons (Fsp3) is 0.179. The molecule has 10 heteroatoms. The molecule has 194 valence electrons. The number of aromatic nitrogens is 2. The summed E-state index contributed by atoms with van der Waals surface area (Å²) >= 11 is 8.82. The van der Waals surface area contributed by atoms with Gasteiger partial charge in [0, 0.05) is 20.6 Å². The molecule has 1 fully saturated rings. The van der Waals surface area contributed by atoms with Gasteiger partial charge < -0.3 is 24.4 Å². The molecule has 0 unspecified atom stereocenters. The average molecular weight is 643 g/mol. The van der Waals surface area contributed by atoms with Gasteiger partial charge in [-0.15, -0.1) is 0 Å². The number of hydrogen-bond donors (Lipinski definition) is 1. The van der Waals surface area contributed by atoms with Gasteiger partial charge in [0.25, 0.3) is 0 Å². The Morgan fingerprint density at radius 3 is 2.63 bits per heavy atom. The zero-order valence-corrected chi connectivity index (χ0v) is 23.6. The monoisotopic (exact) mass is 642 g/mol. The number of amides is 1. The predicted octanol–water partition coefficient (Wildman–Crippen LogP) is 6.09. The first-order valence-corrected chi connectivity index (χ1v) is 13.2. The maximum atomic E-state index is 11.8. The summed E-state index contributed by atoms with van der Waals surface area (Å²) in [6, 6.07) is 15.4. The highest BCUT2D eigenvalue weighted by molar-refractivity contribution is 14.1. The van der Waals surface area contributed by atoms with Crippen LogP contribution in [0.2, 0.25) is 5.02 Å². The van der Waals surface area contributed by atoms with E-state index >= 15 is 0 Å². The molecule has 0 aliphatic carbocycles. The van der Waals surface area contributed by atoms with Crippen LogP contribution in [0.1, 0.15) is 0 Å². The lowest BCUT2D eigenvalue weighted by molar-refractivity contribution is -0.134. The van der Waals surface area contributed by atoms with Gasteiger partial charge in [-0.2, -0.15) is 0 Å². The van der Waals surface area contributed by atoms with E-state index in [1.807, 2.05) is 48.5 Å². The highest BCUT2D eigenvalue weighted by Crippen LogP contribution is 2.39. The smallest absolute Gasteiger partial charge is 0.246 e. The highest BCUT2D eigenvalue weighted by Gasteiger charge is 2.31. The predicted molar refractivity (Wildman–Crippen MR) is 157 cm³/mol. The number of carbonyl (C=O) groups is 1.